The van der Waals surface area contributed by atoms with Gasteiger partial charge in [-0.25, -0.2) is 26.4 Å². The third kappa shape index (κ3) is 7.80. The molecule has 0 saturated carbocycles. The lowest BCUT2D eigenvalue weighted by Crippen LogP contribution is -2.33. The number of rotatable bonds is 10. The molecule has 0 radical (unpaired) electrons. The van der Waals surface area contributed by atoms with Gasteiger partial charge in [-0.1, -0.05) is 97.1 Å². The van der Waals surface area contributed by atoms with Crippen molar-refractivity contribution in [3.8, 4) is 22.3 Å². The number of fused-ring (bicyclic) bond motifs is 6. The fourth-order valence-corrected chi connectivity index (χ4v) is 12.3. The molecule has 63 heavy (non-hydrogen) atoms. The zero-order chi connectivity index (χ0) is 43.3. The molecule has 10 rings (SSSR count). The third-order valence-corrected chi connectivity index (χ3v) is 15.4. The van der Waals surface area contributed by atoms with Crippen LogP contribution in [0.3, 0.4) is 0 Å². The first-order chi connectivity index (χ1) is 30.5. The molecule has 14 heteroatoms. The smallest absolute Gasteiger partial charge is 0.341 e. The summed E-state index contributed by atoms with van der Waals surface area (Å²) >= 11 is 0. The van der Waals surface area contributed by atoms with Gasteiger partial charge in [0.1, 0.15) is 0 Å². The van der Waals surface area contributed by atoms with Gasteiger partial charge in [0.2, 0.25) is 6.79 Å². The quantitative estimate of drug-likeness (QED) is 0.0767. The molecular formula is C49H40N4O8S2. The Kier molecular flexibility index (Phi) is 10.3. The van der Waals surface area contributed by atoms with E-state index in [2.05, 4.69) is 0 Å². The van der Waals surface area contributed by atoms with Crippen molar-refractivity contribution >= 4 is 54.4 Å². The number of benzene rings is 6. The third-order valence-electron chi connectivity index (χ3n) is 11.9. The van der Waals surface area contributed by atoms with E-state index in [1.54, 1.807) is 46.4 Å². The van der Waals surface area contributed by atoms with Gasteiger partial charge in [0.15, 0.2) is 19.7 Å². The standard InChI is InChI=1S/C49H40N4O8S2/c54-48(32-19-21-42-44(27-32)38-15-7-9-17-40(38)46(42)50-52(34-11-3-1-4-12-34)36-23-25-62(56,57)29-36)60-31-61-49(55)33-20-22-43-45(28-33)39-16-8-10-18-41(39)47(43)51-53(35-13-5-2-6-14-35)37-24-26-63(58,59)30-37/h1-22,27-28,36-37H,23-26,29-31H2/b50-46-,51-47-. The summed E-state index contributed by atoms with van der Waals surface area (Å²) in [6.07, 6.45) is 0.916. The molecule has 2 saturated heterocycles. The van der Waals surface area contributed by atoms with Gasteiger partial charge < -0.3 is 9.47 Å². The summed E-state index contributed by atoms with van der Waals surface area (Å²) in [5.74, 6) is -1.15. The number of ether oxygens (including phenoxy) is 2. The predicted octanol–water partition coefficient (Wildman–Crippen LogP) is 7.51. The minimum Gasteiger partial charge on any atom is -0.424 e. The molecule has 2 aliphatic heterocycles. The molecule has 0 amide bonds. The Morgan fingerprint density at radius 3 is 1.22 bits per heavy atom. The number of para-hydroxylation sites is 2. The Morgan fingerprint density at radius 2 is 0.841 bits per heavy atom. The zero-order valence-corrected chi connectivity index (χ0v) is 35.5. The average Bonchev–Trinajstić information content (AvgIpc) is 4.04. The van der Waals surface area contributed by atoms with Crippen LogP contribution in [0.15, 0.2) is 156 Å². The predicted molar refractivity (Wildman–Crippen MR) is 243 cm³/mol. The first-order valence-corrected chi connectivity index (χ1v) is 24.3. The lowest BCUT2D eigenvalue weighted by molar-refractivity contribution is -0.0167. The molecule has 0 N–H and O–H groups in total. The van der Waals surface area contributed by atoms with E-state index in [1.807, 2.05) is 109 Å². The van der Waals surface area contributed by atoms with Crippen molar-refractivity contribution in [2.45, 2.75) is 24.9 Å². The van der Waals surface area contributed by atoms with Crippen molar-refractivity contribution in [2.75, 3.05) is 39.8 Å². The maximum atomic E-state index is 13.4. The largest absolute Gasteiger partial charge is 0.424 e. The van der Waals surface area contributed by atoms with E-state index in [-0.39, 0.29) is 46.2 Å². The van der Waals surface area contributed by atoms with Crippen molar-refractivity contribution in [3.63, 3.8) is 0 Å². The number of carbonyl (C=O) groups is 2. The van der Waals surface area contributed by atoms with Crippen LogP contribution in [-0.2, 0) is 29.1 Å². The Labute approximate surface area is 364 Å². The van der Waals surface area contributed by atoms with Crippen LogP contribution in [0, 0.1) is 0 Å². The summed E-state index contributed by atoms with van der Waals surface area (Å²) in [4.78, 5) is 26.9. The topological polar surface area (TPSA) is 152 Å². The monoisotopic (exact) mass is 876 g/mol. The minimum absolute atomic E-state index is 0.00435. The SMILES string of the molecule is O=C(OCOC(=O)c1ccc2c(c1)-c1ccccc1/C2=N/N(c1ccccc1)C1CCS(=O)(=O)C1)c1ccc2c(c1)-c1ccccc1/C2=N/N(c1ccccc1)C1CCS(=O)(=O)C1. The molecule has 2 aliphatic carbocycles. The second-order valence-corrected chi connectivity index (χ2v) is 20.4. The van der Waals surface area contributed by atoms with E-state index in [9.17, 15) is 26.4 Å². The maximum Gasteiger partial charge on any atom is 0.341 e. The van der Waals surface area contributed by atoms with Crippen LogP contribution >= 0.6 is 0 Å². The Hall–Kier alpha value is -6.90. The minimum atomic E-state index is -3.19. The van der Waals surface area contributed by atoms with E-state index in [0.717, 1.165) is 55.9 Å². The second-order valence-electron chi connectivity index (χ2n) is 16.0. The first-order valence-electron chi connectivity index (χ1n) is 20.6. The zero-order valence-electron chi connectivity index (χ0n) is 33.8. The van der Waals surface area contributed by atoms with Crippen LogP contribution in [0.1, 0.15) is 55.8 Å². The van der Waals surface area contributed by atoms with Gasteiger partial charge in [0.05, 0.1) is 69.0 Å². The van der Waals surface area contributed by atoms with Crippen LogP contribution in [0.5, 0.6) is 0 Å². The number of carbonyl (C=O) groups excluding carboxylic acids is 2. The molecule has 316 valence electrons. The number of nitrogens with zero attached hydrogens (tertiary/aromatic N) is 4. The van der Waals surface area contributed by atoms with Crippen LogP contribution in [0.25, 0.3) is 22.3 Å². The highest BCUT2D eigenvalue weighted by Crippen LogP contribution is 2.40. The van der Waals surface area contributed by atoms with Crippen LogP contribution in [0.2, 0.25) is 0 Å². The molecule has 2 heterocycles. The van der Waals surface area contributed by atoms with E-state index in [0.29, 0.717) is 24.3 Å². The maximum absolute atomic E-state index is 13.4. The van der Waals surface area contributed by atoms with Gasteiger partial charge in [0, 0.05) is 22.3 Å². The van der Waals surface area contributed by atoms with Crippen molar-refractivity contribution in [1.82, 2.24) is 0 Å². The number of esters is 2. The second kappa shape index (κ2) is 16.1. The highest BCUT2D eigenvalue weighted by Gasteiger charge is 2.36. The molecule has 6 aromatic carbocycles. The average molecular weight is 877 g/mol. The van der Waals surface area contributed by atoms with Crippen molar-refractivity contribution in [1.29, 1.82) is 0 Å². The van der Waals surface area contributed by atoms with E-state index in [4.69, 9.17) is 19.7 Å². The van der Waals surface area contributed by atoms with Gasteiger partial charge >= 0.3 is 11.9 Å². The van der Waals surface area contributed by atoms with E-state index >= 15 is 0 Å². The van der Waals surface area contributed by atoms with E-state index in [1.165, 1.54) is 0 Å². The summed E-state index contributed by atoms with van der Waals surface area (Å²) in [6, 6.07) is 44.1. The number of hydrazone groups is 2. The molecular weight excluding hydrogens is 837 g/mol. The van der Waals surface area contributed by atoms with Crippen LogP contribution in [-0.4, -0.2) is 82.1 Å². The van der Waals surface area contributed by atoms with Gasteiger partial charge in [-0.15, -0.1) is 0 Å². The Balaban J connectivity index is 0.870. The van der Waals surface area contributed by atoms with Crippen LogP contribution < -0.4 is 10.0 Å². The Bertz CT molecular complexity index is 2890. The van der Waals surface area contributed by atoms with Gasteiger partial charge in [0.25, 0.3) is 0 Å². The summed E-state index contributed by atoms with van der Waals surface area (Å²) in [6.45, 7) is -0.620. The fourth-order valence-electron chi connectivity index (χ4n) is 8.87. The summed E-state index contributed by atoms with van der Waals surface area (Å²) in [7, 11) is -6.39. The van der Waals surface area contributed by atoms with Crippen LogP contribution in [0.4, 0.5) is 11.4 Å². The van der Waals surface area contributed by atoms with Gasteiger partial charge in [-0.3, -0.25) is 10.0 Å². The fraction of sp³-hybridized carbons (Fsp3) is 0.184. The van der Waals surface area contributed by atoms with Gasteiger partial charge in [-0.2, -0.15) is 10.2 Å². The molecule has 2 fully saturated rings. The van der Waals surface area contributed by atoms with Gasteiger partial charge in [-0.05, 0) is 83.6 Å². The lowest BCUT2D eigenvalue weighted by Gasteiger charge is -2.26. The Morgan fingerprint density at radius 1 is 0.476 bits per heavy atom. The van der Waals surface area contributed by atoms with Crippen molar-refractivity contribution < 1.29 is 35.9 Å². The first kappa shape index (κ1) is 40.2. The van der Waals surface area contributed by atoms with E-state index < -0.39 is 38.4 Å². The molecule has 2 unspecified atom stereocenters. The van der Waals surface area contributed by atoms with Crippen molar-refractivity contribution in [3.05, 3.63) is 179 Å². The number of hydrogen-bond donors (Lipinski definition) is 0. The van der Waals surface area contributed by atoms with Crippen molar-refractivity contribution in [2.24, 2.45) is 10.2 Å². The molecule has 2 atom stereocenters. The lowest BCUT2D eigenvalue weighted by atomic mass is 10.0. The number of hydrogen-bond acceptors (Lipinski definition) is 12. The highest BCUT2D eigenvalue weighted by molar-refractivity contribution is 7.92. The number of anilines is 2. The summed E-state index contributed by atoms with van der Waals surface area (Å²) in [5.41, 5.74) is 9.92. The highest BCUT2D eigenvalue weighted by atomic mass is 32.2. The molecule has 0 spiro atoms. The number of sulfone groups is 2. The molecule has 4 aliphatic rings. The normalized spacial score (nSPS) is 19.8. The molecule has 12 nitrogen and oxygen atoms in total. The molecule has 0 bridgehead atoms. The molecule has 6 aromatic rings. The summed E-state index contributed by atoms with van der Waals surface area (Å²) < 4.78 is 61.1. The summed E-state index contributed by atoms with van der Waals surface area (Å²) in [5, 5.41) is 13.8. The molecule has 0 aromatic heterocycles.